The highest BCUT2D eigenvalue weighted by Gasteiger charge is 2.30. The molecule has 0 aliphatic carbocycles. The van der Waals surface area contributed by atoms with E-state index in [0.717, 1.165) is 32.5 Å². The second kappa shape index (κ2) is 8.74. The van der Waals surface area contributed by atoms with E-state index in [-0.39, 0.29) is 17.5 Å². The Balaban J connectivity index is 2.52. The summed E-state index contributed by atoms with van der Waals surface area (Å²) >= 11 is 0. The van der Waals surface area contributed by atoms with Crippen molar-refractivity contribution in [3.8, 4) is 0 Å². The van der Waals surface area contributed by atoms with Crippen molar-refractivity contribution in [3.63, 3.8) is 0 Å². The largest absolute Gasteiger partial charge is 0.355 e. The van der Waals surface area contributed by atoms with Crippen LogP contribution in [0.2, 0.25) is 0 Å². The van der Waals surface area contributed by atoms with E-state index >= 15 is 0 Å². The Kier molecular flexibility index (Phi) is 7.67. The Morgan fingerprint density at radius 3 is 2.67 bits per heavy atom. The first kappa shape index (κ1) is 18.4. The molecule has 4 heteroatoms. The minimum absolute atomic E-state index is 0.0195. The van der Waals surface area contributed by atoms with Gasteiger partial charge in [-0.25, -0.2) is 0 Å². The minimum Gasteiger partial charge on any atom is -0.355 e. The van der Waals surface area contributed by atoms with Gasteiger partial charge in [0.2, 0.25) is 5.91 Å². The van der Waals surface area contributed by atoms with Gasteiger partial charge in [0, 0.05) is 24.7 Å². The van der Waals surface area contributed by atoms with Crippen LogP contribution >= 0.6 is 0 Å². The van der Waals surface area contributed by atoms with E-state index in [1.165, 1.54) is 19.3 Å². The molecule has 2 unspecified atom stereocenters. The molecule has 4 nitrogen and oxygen atoms in total. The van der Waals surface area contributed by atoms with Crippen molar-refractivity contribution in [2.45, 2.75) is 84.3 Å². The summed E-state index contributed by atoms with van der Waals surface area (Å²) in [6.45, 7) is 13.6. The van der Waals surface area contributed by atoms with Crippen LogP contribution in [-0.4, -0.2) is 48.1 Å². The van der Waals surface area contributed by atoms with Crippen LogP contribution in [0, 0.1) is 0 Å². The van der Waals surface area contributed by atoms with Gasteiger partial charge in [-0.2, -0.15) is 0 Å². The van der Waals surface area contributed by atoms with Crippen LogP contribution in [0.3, 0.4) is 0 Å². The van der Waals surface area contributed by atoms with Crippen molar-refractivity contribution < 1.29 is 4.79 Å². The Labute approximate surface area is 131 Å². The van der Waals surface area contributed by atoms with Crippen LogP contribution in [-0.2, 0) is 4.79 Å². The molecular formula is C17H35N3O. The lowest BCUT2D eigenvalue weighted by atomic mass is 9.98. The molecule has 124 valence electrons. The van der Waals surface area contributed by atoms with Crippen LogP contribution in [0.25, 0.3) is 0 Å². The third-order valence-electron chi connectivity index (χ3n) is 4.25. The van der Waals surface area contributed by atoms with E-state index in [9.17, 15) is 4.79 Å². The van der Waals surface area contributed by atoms with Gasteiger partial charge in [0.05, 0.1) is 6.04 Å². The molecule has 0 aromatic heterocycles. The molecule has 1 heterocycles. The van der Waals surface area contributed by atoms with Crippen LogP contribution in [0.1, 0.15) is 66.7 Å². The second-order valence-corrected chi connectivity index (χ2v) is 7.34. The summed E-state index contributed by atoms with van der Waals surface area (Å²) in [6.07, 6.45) is 5.86. The van der Waals surface area contributed by atoms with Gasteiger partial charge in [-0.05, 0) is 53.5 Å². The molecule has 2 atom stereocenters. The summed E-state index contributed by atoms with van der Waals surface area (Å²) in [5.74, 6) is 0.186. The highest BCUT2D eigenvalue weighted by atomic mass is 16.2. The van der Waals surface area contributed by atoms with Crippen LogP contribution in [0.4, 0.5) is 0 Å². The fraction of sp³-hybridized carbons (Fsp3) is 0.941. The Morgan fingerprint density at radius 1 is 1.33 bits per heavy atom. The Morgan fingerprint density at radius 2 is 2.05 bits per heavy atom. The van der Waals surface area contributed by atoms with Crippen molar-refractivity contribution in [2.75, 3.05) is 19.6 Å². The number of nitrogens with zero attached hydrogens (tertiary/aromatic N) is 1. The predicted octanol–water partition coefficient (Wildman–Crippen LogP) is 2.53. The maximum atomic E-state index is 12.3. The monoisotopic (exact) mass is 297 g/mol. The van der Waals surface area contributed by atoms with Gasteiger partial charge < -0.3 is 10.6 Å². The van der Waals surface area contributed by atoms with Gasteiger partial charge in [0.1, 0.15) is 0 Å². The van der Waals surface area contributed by atoms with Gasteiger partial charge in [0.25, 0.3) is 0 Å². The molecule has 1 aliphatic rings. The zero-order valence-electron chi connectivity index (χ0n) is 14.7. The van der Waals surface area contributed by atoms with Gasteiger partial charge >= 0.3 is 0 Å². The van der Waals surface area contributed by atoms with Gasteiger partial charge in [-0.1, -0.05) is 19.8 Å². The maximum absolute atomic E-state index is 12.3. The van der Waals surface area contributed by atoms with Crippen molar-refractivity contribution >= 4 is 5.91 Å². The summed E-state index contributed by atoms with van der Waals surface area (Å²) in [5, 5.41) is 6.67. The number of hydrogen-bond donors (Lipinski definition) is 2. The molecule has 0 bridgehead atoms. The molecule has 0 saturated carbocycles. The van der Waals surface area contributed by atoms with E-state index < -0.39 is 0 Å². The molecule has 1 amide bonds. The molecule has 1 aliphatic heterocycles. The number of unbranched alkanes of at least 4 members (excludes halogenated alkanes) is 1. The second-order valence-electron chi connectivity index (χ2n) is 7.34. The number of nitrogens with one attached hydrogen (secondary N) is 2. The summed E-state index contributed by atoms with van der Waals surface area (Å²) in [7, 11) is 0. The van der Waals surface area contributed by atoms with Crippen molar-refractivity contribution in [1.29, 1.82) is 0 Å². The summed E-state index contributed by atoms with van der Waals surface area (Å²) in [4.78, 5) is 14.7. The number of likely N-dealkylation sites (tertiary alicyclic amines) is 1. The zero-order chi connectivity index (χ0) is 15.9. The highest BCUT2D eigenvalue weighted by molar-refractivity contribution is 5.81. The van der Waals surface area contributed by atoms with Crippen molar-refractivity contribution in [3.05, 3.63) is 0 Å². The Hall–Kier alpha value is -0.610. The lowest BCUT2D eigenvalue weighted by molar-refractivity contribution is -0.127. The number of carbonyl (C=O) groups excluding carboxylic acids is 1. The molecule has 0 aromatic carbocycles. The molecule has 0 radical (unpaired) electrons. The van der Waals surface area contributed by atoms with E-state index in [0.29, 0.717) is 6.04 Å². The number of carbonyl (C=O) groups is 1. The molecule has 1 rings (SSSR count). The van der Waals surface area contributed by atoms with E-state index in [4.69, 9.17) is 0 Å². The third-order valence-corrected chi connectivity index (χ3v) is 4.25. The topological polar surface area (TPSA) is 44.4 Å². The quantitative estimate of drug-likeness (QED) is 0.710. The predicted molar refractivity (Wildman–Crippen MR) is 89.5 cm³/mol. The lowest BCUT2D eigenvalue weighted by Crippen LogP contribution is -2.56. The summed E-state index contributed by atoms with van der Waals surface area (Å²) in [5.41, 5.74) is 0.135. The Bertz CT molecular complexity index is 312. The molecule has 21 heavy (non-hydrogen) atoms. The van der Waals surface area contributed by atoms with Gasteiger partial charge in [-0.15, -0.1) is 0 Å². The fourth-order valence-electron chi connectivity index (χ4n) is 2.86. The summed E-state index contributed by atoms with van der Waals surface area (Å²) < 4.78 is 0. The van der Waals surface area contributed by atoms with Crippen LogP contribution < -0.4 is 10.6 Å². The molecular weight excluding hydrogens is 262 g/mol. The van der Waals surface area contributed by atoms with E-state index in [1.807, 2.05) is 0 Å². The normalized spacial score (nSPS) is 22.0. The SMILES string of the molecule is CCCCNC(=O)C(C)N1CCCCC1CNC(C)(C)C. The van der Waals surface area contributed by atoms with E-state index in [2.05, 4.69) is 50.2 Å². The van der Waals surface area contributed by atoms with Gasteiger partial charge in [0.15, 0.2) is 0 Å². The van der Waals surface area contributed by atoms with Crippen molar-refractivity contribution in [1.82, 2.24) is 15.5 Å². The van der Waals surface area contributed by atoms with Gasteiger partial charge in [-0.3, -0.25) is 9.69 Å². The molecule has 1 saturated heterocycles. The molecule has 1 fully saturated rings. The highest BCUT2D eigenvalue weighted by Crippen LogP contribution is 2.20. The minimum atomic E-state index is -0.0195. The number of amides is 1. The number of rotatable bonds is 7. The maximum Gasteiger partial charge on any atom is 0.237 e. The fourth-order valence-corrected chi connectivity index (χ4v) is 2.86. The molecule has 0 aromatic rings. The average molecular weight is 297 g/mol. The average Bonchev–Trinajstić information content (AvgIpc) is 2.44. The third kappa shape index (κ3) is 6.79. The molecule has 0 spiro atoms. The zero-order valence-corrected chi connectivity index (χ0v) is 14.7. The standard InChI is InChI=1S/C17H35N3O/c1-6-7-11-18-16(21)14(2)20-12-9-8-10-15(20)13-19-17(3,4)5/h14-15,19H,6-13H2,1-5H3,(H,18,21). The van der Waals surface area contributed by atoms with Crippen LogP contribution in [0.5, 0.6) is 0 Å². The summed E-state index contributed by atoms with van der Waals surface area (Å²) in [6, 6.07) is 0.457. The van der Waals surface area contributed by atoms with Crippen molar-refractivity contribution in [2.24, 2.45) is 0 Å². The first-order valence-electron chi connectivity index (χ1n) is 8.63. The molecule has 2 N–H and O–H groups in total. The number of piperidine rings is 1. The van der Waals surface area contributed by atoms with E-state index in [1.54, 1.807) is 0 Å². The lowest BCUT2D eigenvalue weighted by Gasteiger charge is -2.40. The number of hydrogen-bond acceptors (Lipinski definition) is 3. The van der Waals surface area contributed by atoms with Crippen LogP contribution in [0.15, 0.2) is 0 Å². The first-order chi connectivity index (χ1) is 9.85. The first-order valence-corrected chi connectivity index (χ1v) is 8.63. The smallest absolute Gasteiger partial charge is 0.237 e.